The van der Waals surface area contributed by atoms with E-state index in [2.05, 4.69) is 10.3 Å². The van der Waals surface area contributed by atoms with Crippen LogP contribution in [-0.2, 0) is 4.79 Å². The zero-order chi connectivity index (χ0) is 13.0. The van der Waals surface area contributed by atoms with Crippen LogP contribution in [-0.4, -0.2) is 28.0 Å². The maximum Gasteiger partial charge on any atom is 0.303 e. The Balaban J connectivity index is 1.77. The van der Waals surface area contributed by atoms with Crippen molar-refractivity contribution in [3.63, 3.8) is 0 Å². The topological polar surface area (TPSA) is 82.2 Å². The van der Waals surface area contributed by atoms with Gasteiger partial charge in [-0.05, 0) is 43.7 Å². The lowest BCUT2D eigenvalue weighted by atomic mass is 9.84. The molecule has 18 heavy (non-hydrogen) atoms. The van der Waals surface area contributed by atoms with Crippen LogP contribution in [0.5, 0.6) is 0 Å². The summed E-state index contributed by atoms with van der Waals surface area (Å²) in [6, 6.07) is 3.70. The summed E-state index contributed by atoms with van der Waals surface area (Å²) in [7, 11) is 0. The molecule has 5 nitrogen and oxygen atoms in total. The lowest BCUT2D eigenvalue weighted by molar-refractivity contribution is -0.138. The van der Waals surface area contributed by atoms with Crippen LogP contribution in [0, 0.1) is 5.92 Å². The van der Waals surface area contributed by atoms with Gasteiger partial charge < -0.3 is 15.4 Å². The Morgan fingerprint density at radius 1 is 1.33 bits per heavy atom. The summed E-state index contributed by atoms with van der Waals surface area (Å²) in [5.41, 5.74) is 0.572. The summed E-state index contributed by atoms with van der Waals surface area (Å²) >= 11 is 0. The first kappa shape index (κ1) is 12.7. The fourth-order valence-corrected chi connectivity index (χ4v) is 2.49. The van der Waals surface area contributed by atoms with Crippen molar-refractivity contribution in [3.05, 3.63) is 24.0 Å². The smallest absolute Gasteiger partial charge is 0.303 e. The molecule has 1 aromatic heterocycles. The number of aromatic nitrogens is 1. The number of carbonyl (C=O) groups is 2. The Hall–Kier alpha value is -1.78. The third kappa shape index (κ3) is 3.35. The molecule has 1 saturated carbocycles. The minimum absolute atomic E-state index is 0.0818. The van der Waals surface area contributed by atoms with Crippen LogP contribution in [0.15, 0.2) is 18.3 Å². The SMILES string of the molecule is O=C(O)CC1CCC(NC(=O)c2ccc[nH]2)CC1. The van der Waals surface area contributed by atoms with E-state index in [1.165, 1.54) is 0 Å². The highest BCUT2D eigenvalue weighted by molar-refractivity contribution is 5.92. The predicted octanol–water partition coefficient (Wildman–Crippen LogP) is 1.78. The van der Waals surface area contributed by atoms with Gasteiger partial charge in [0.1, 0.15) is 5.69 Å². The Morgan fingerprint density at radius 3 is 2.61 bits per heavy atom. The molecule has 0 unspecified atom stereocenters. The standard InChI is InChI=1S/C13H18N2O3/c16-12(17)8-9-3-5-10(6-4-9)15-13(18)11-2-1-7-14-11/h1-2,7,9-10,14H,3-6,8H2,(H,15,18)(H,16,17). The first-order valence-electron chi connectivity index (χ1n) is 6.31. The first-order valence-corrected chi connectivity index (χ1v) is 6.31. The molecule has 1 amide bonds. The molecule has 0 spiro atoms. The average Bonchev–Trinajstić information content (AvgIpc) is 2.84. The second-order valence-electron chi connectivity index (χ2n) is 4.87. The third-order valence-corrected chi connectivity index (χ3v) is 3.49. The van der Waals surface area contributed by atoms with Crippen molar-refractivity contribution in [2.45, 2.75) is 38.1 Å². The number of aliphatic carboxylic acids is 1. The fourth-order valence-electron chi connectivity index (χ4n) is 2.49. The number of amides is 1. The molecule has 0 bridgehead atoms. The number of aromatic amines is 1. The van der Waals surface area contributed by atoms with E-state index in [4.69, 9.17) is 5.11 Å². The van der Waals surface area contributed by atoms with E-state index in [1.807, 2.05) is 0 Å². The van der Waals surface area contributed by atoms with Crippen molar-refractivity contribution in [3.8, 4) is 0 Å². The van der Waals surface area contributed by atoms with E-state index >= 15 is 0 Å². The Bertz CT molecular complexity index is 406. The summed E-state index contributed by atoms with van der Waals surface area (Å²) in [5, 5.41) is 11.7. The maximum absolute atomic E-state index is 11.8. The lowest BCUT2D eigenvalue weighted by Crippen LogP contribution is -2.38. The van der Waals surface area contributed by atoms with Crippen LogP contribution in [0.1, 0.15) is 42.6 Å². The Morgan fingerprint density at radius 2 is 2.06 bits per heavy atom. The number of nitrogens with one attached hydrogen (secondary N) is 2. The van der Waals surface area contributed by atoms with Gasteiger partial charge in [0.15, 0.2) is 0 Å². The summed E-state index contributed by atoms with van der Waals surface area (Å²) in [6.07, 6.45) is 5.45. The zero-order valence-electron chi connectivity index (χ0n) is 10.2. The monoisotopic (exact) mass is 250 g/mol. The molecule has 0 aliphatic heterocycles. The molecule has 2 rings (SSSR count). The second kappa shape index (κ2) is 5.71. The quantitative estimate of drug-likeness (QED) is 0.761. The van der Waals surface area contributed by atoms with Gasteiger partial charge in [0, 0.05) is 18.7 Å². The van der Waals surface area contributed by atoms with Gasteiger partial charge in [-0.3, -0.25) is 9.59 Å². The number of H-pyrrole nitrogens is 1. The van der Waals surface area contributed by atoms with Crippen molar-refractivity contribution < 1.29 is 14.7 Å². The van der Waals surface area contributed by atoms with E-state index in [0.29, 0.717) is 5.69 Å². The van der Waals surface area contributed by atoms with Crippen molar-refractivity contribution in [2.75, 3.05) is 0 Å². The van der Waals surface area contributed by atoms with Crippen LogP contribution in [0.2, 0.25) is 0 Å². The van der Waals surface area contributed by atoms with Crippen molar-refractivity contribution in [2.24, 2.45) is 5.92 Å². The van der Waals surface area contributed by atoms with Gasteiger partial charge in [0.05, 0.1) is 0 Å². The lowest BCUT2D eigenvalue weighted by Gasteiger charge is -2.28. The van der Waals surface area contributed by atoms with Crippen LogP contribution in [0.4, 0.5) is 0 Å². The maximum atomic E-state index is 11.8. The summed E-state index contributed by atoms with van der Waals surface area (Å²) in [4.78, 5) is 25.3. The molecule has 0 aromatic carbocycles. The van der Waals surface area contributed by atoms with Crippen molar-refractivity contribution in [1.29, 1.82) is 0 Å². The van der Waals surface area contributed by atoms with E-state index in [1.54, 1.807) is 18.3 Å². The molecule has 98 valence electrons. The van der Waals surface area contributed by atoms with Gasteiger partial charge in [-0.2, -0.15) is 0 Å². The fraction of sp³-hybridized carbons (Fsp3) is 0.538. The highest BCUT2D eigenvalue weighted by atomic mass is 16.4. The minimum atomic E-state index is -0.728. The van der Waals surface area contributed by atoms with Crippen molar-refractivity contribution in [1.82, 2.24) is 10.3 Å². The highest BCUT2D eigenvalue weighted by Crippen LogP contribution is 2.26. The molecule has 1 aliphatic carbocycles. The van der Waals surface area contributed by atoms with E-state index in [-0.39, 0.29) is 24.3 Å². The molecule has 1 aliphatic rings. The number of hydrogen-bond donors (Lipinski definition) is 3. The molecule has 5 heteroatoms. The van der Waals surface area contributed by atoms with E-state index in [9.17, 15) is 9.59 Å². The largest absolute Gasteiger partial charge is 0.481 e. The molecule has 1 fully saturated rings. The molecule has 0 atom stereocenters. The number of carboxylic acid groups (broad SMARTS) is 1. The normalized spacial score (nSPS) is 23.6. The van der Waals surface area contributed by atoms with Crippen LogP contribution in [0.3, 0.4) is 0 Å². The van der Waals surface area contributed by atoms with Crippen LogP contribution in [0.25, 0.3) is 0 Å². The third-order valence-electron chi connectivity index (χ3n) is 3.49. The zero-order valence-corrected chi connectivity index (χ0v) is 10.2. The molecule has 0 saturated heterocycles. The second-order valence-corrected chi connectivity index (χ2v) is 4.87. The van der Waals surface area contributed by atoms with E-state index < -0.39 is 5.97 Å². The molecule has 3 N–H and O–H groups in total. The highest BCUT2D eigenvalue weighted by Gasteiger charge is 2.24. The van der Waals surface area contributed by atoms with Gasteiger partial charge in [-0.25, -0.2) is 0 Å². The predicted molar refractivity (Wildman–Crippen MR) is 66.3 cm³/mol. The molecular weight excluding hydrogens is 232 g/mol. The summed E-state index contributed by atoms with van der Waals surface area (Å²) < 4.78 is 0. The summed E-state index contributed by atoms with van der Waals surface area (Å²) in [6.45, 7) is 0. The van der Waals surface area contributed by atoms with Gasteiger partial charge in [-0.15, -0.1) is 0 Å². The number of hydrogen-bond acceptors (Lipinski definition) is 2. The number of rotatable bonds is 4. The van der Waals surface area contributed by atoms with Crippen molar-refractivity contribution >= 4 is 11.9 Å². The molecule has 1 aromatic rings. The summed E-state index contributed by atoms with van der Waals surface area (Å²) in [5.74, 6) is -0.545. The molecular formula is C13H18N2O3. The minimum Gasteiger partial charge on any atom is -0.481 e. The first-order chi connectivity index (χ1) is 8.65. The van der Waals surface area contributed by atoms with Gasteiger partial charge in [0.25, 0.3) is 5.91 Å². The van der Waals surface area contributed by atoms with Crippen LogP contribution < -0.4 is 5.32 Å². The van der Waals surface area contributed by atoms with Gasteiger partial charge in [-0.1, -0.05) is 0 Å². The molecule has 0 radical (unpaired) electrons. The van der Waals surface area contributed by atoms with E-state index in [0.717, 1.165) is 25.7 Å². The van der Waals surface area contributed by atoms with Gasteiger partial charge >= 0.3 is 5.97 Å². The number of carboxylic acids is 1. The Labute approximate surface area is 106 Å². The molecule has 1 heterocycles. The van der Waals surface area contributed by atoms with Gasteiger partial charge in [0.2, 0.25) is 0 Å². The van der Waals surface area contributed by atoms with Crippen LogP contribution >= 0.6 is 0 Å². The Kier molecular flexibility index (Phi) is 4.02. The average molecular weight is 250 g/mol. The number of carbonyl (C=O) groups excluding carboxylic acids is 1.